The monoisotopic (exact) mass is 333 g/mol. The van der Waals surface area contributed by atoms with Gasteiger partial charge in [-0.05, 0) is 54.4 Å². The molecule has 0 saturated heterocycles. The maximum Gasteiger partial charge on any atom is 0.238 e. The van der Waals surface area contributed by atoms with Crippen molar-refractivity contribution in [3.05, 3.63) is 54.3 Å². The molecular weight excluding hydrogens is 313 g/mol. The first-order chi connectivity index (χ1) is 11.0. The van der Waals surface area contributed by atoms with Gasteiger partial charge in [0.25, 0.3) is 0 Å². The van der Waals surface area contributed by atoms with Gasteiger partial charge in [0.1, 0.15) is 11.6 Å². The van der Waals surface area contributed by atoms with Crippen molar-refractivity contribution in [3.8, 4) is 5.75 Å². The molecule has 5 heteroatoms. The summed E-state index contributed by atoms with van der Waals surface area (Å²) < 4.78 is 18.1. The smallest absolute Gasteiger partial charge is 0.238 e. The Kier molecular flexibility index (Phi) is 6.04. The first kappa shape index (κ1) is 17.3. The van der Waals surface area contributed by atoms with Crippen molar-refractivity contribution in [3.63, 3.8) is 0 Å². The van der Waals surface area contributed by atoms with E-state index in [1.54, 1.807) is 43.5 Å². The fourth-order valence-electron chi connectivity index (χ4n) is 2.04. The molecule has 0 aliphatic heterocycles. The van der Waals surface area contributed by atoms with Gasteiger partial charge < -0.3 is 10.1 Å². The van der Waals surface area contributed by atoms with Gasteiger partial charge in [-0.25, -0.2) is 4.39 Å². The summed E-state index contributed by atoms with van der Waals surface area (Å²) in [6.07, 6.45) is 0. The van der Waals surface area contributed by atoms with E-state index in [2.05, 4.69) is 5.32 Å². The second-order valence-corrected chi connectivity index (χ2v) is 6.67. The van der Waals surface area contributed by atoms with Crippen LogP contribution in [0.4, 0.5) is 10.1 Å². The van der Waals surface area contributed by atoms with Crippen LogP contribution in [0.3, 0.4) is 0 Å². The molecule has 0 saturated carbocycles. The molecule has 2 rings (SSSR count). The number of hydrogen-bond acceptors (Lipinski definition) is 3. The van der Waals surface area contributed by atoms with Gasteiger partial charge >= 0.3 is 0 Å². The molecule has 2 aromatic carbocycles. The minimum absolute atomic E-state index is 0.0699. The highest BCUT2D eigenvalue weighted by Gasteiger charge is 2.23. The van der Waals surface area contributed by atoms with E-state index in [1.807, 2.05) is 13.8 Å². The standard InChI is InChI=1S/C18H20FNO2S/c1-12(2)17(23-16-10-4-13(19)5-11-16)18(21)20-14-6-8-15(22-3)9-7-14/h4-12,17H,1-3H3,(H,20,21)/t17-/m0/s1. The number of methoxy groups -OCH3 is 1. The van der Waals surface area contributed by atoms with Crippen LogP contribution in [-0.2, 0) is 4.79 Å². The minimum atomic E-state index is -0.280. The lowest BCUT2D eigenvalue weighted by Gasteiger charge is -2.20. The fraction of sp³-hybridized carbons (Fsp3) is 0.278. The Morgan fingerprint density at radius 2 is 1.70 bits per heavy atom. The average Bonchev–Trinajstić information content (AvgIpc) is 2.54. The summed E-state index contributed by atoms with van der Waals surface area (Å²) in [4.78, 5) is 13.4. The van der Waals surface area contributed by atoms with Crippen LogP contribution in [0.5, 0.6) is 5.75 Å². The van der Waals surface area contributed by atoms with E-state index >= 15 is 0 Å². The lowest BCUT2D eigenvalue weighted by molar-refractivity contribution is -0.116. The van der Waals surface area contributed by atoms with Gasteiger partial charge in [0.05, 0.1) is 12.4 Å². The summed E-state index contributed by atoms with van der Waals surface area (Å²) in [5.41, 5.74) is 0.723. The van der Waals surface area contributed by atoms with Gasteiger partial charge in [-0.1, -0.05) is 13.8 Å². The molecule has 0 unspecified atom stereocenters. The number of halogens is 1. The Hall–Kier alpha value is -2.01. The second kappa shape index (κ2) is 8.02. The molecule has 2 aromatic rings. The number of benzene rings is 2. The van der Waals surface area contributed by atoms with Crippen LogP contribution in [-0.4, -0.2) is 18.3 Å². The summed E-state index contributed by atoms with van der Waals surface area (Å²) >= 11 is 1.44. The van der Waals surface area contributed by atoms with Crippen LogP contribution in [0.2, 0.25) is 0 Å². The van der Waals surface area contributed by atoms with Crippen LogP contribution >= 0.6 is 11.8 Å². The van der Waals surface area contributed by atoms with Gasteiger partial charge in [0.15, 0.2) is 0 Å². The van der Waals surface area contributed by atoms with Crippen molar-refractivity contribution < 1.29 is 13.9 Å². The fourth-order valence-corrected chi connectivity index (χ4v) is 3.06. The van der Waals surface area contributed by atoms with Crippen LogP contribution in [0.15, 0.2) is 53.4 Å². The molecule has 0 aliphatic rings. The summed E-state index contributed by atoms with van der Waals surface area (Å²) in [5, 5.41) is 2.66. The molecule has 0 heterocycles. The molecule has 1 atom stereocenters. The van der Waals surface area contributed by atoms with Gasteiger partial charge in [0, 0.05) is 10.6 Å². The van der Waals surface area contributed by atoms with Crippen LogP contribution in [0.25, 0.3) is 0 Å². The Labute approximate surface area is 140 Å². The highest BCUT2D eigenvalue weighted by molar-refractivity contribution is 8.00. The molecular formula is C18H20FNO2S. The first-order valence-electron chi connectivity index (χ1n) is 7.36. The largest absolute Gasteiger partial charge is 0.497 e. The third kappa shape index (κ3) is 4.99. The van der Waals surface area contributed by atoms with E-state index < -0.39 is 0 Å². The zero-order chi connectivity index (χ0) is 16.8. The molecule has 23 heavy (non-hydrogen) atoms. The Balaban J connectivity index is 2.06. The molecule has 122 valence electrons. The molecule has 0 bridgehead atoms. The predicted octanol–water partition coefficient (Wildman–Crippen LogP) is 4.59. The van der Waals surface area contributed by atoms with E-state index in [1.165, 1.54) is 23.9 Å². The molecule has 0 aliphatic carbocycles. The number of amides is 1. The summed E-state index contributed by atoms with van der Waals surface area (Å²) in [7, 11) is 1.60. The minimum Gasteiger partial charge on any atom is -0.497 e. The molecule has 1 amide bonds. The summed E-state index contributed by atoms with van der Waals surface area (Å²) in [6, 6.07) is 13.4. The number of hydrogen-bond donors (Lipinski definition) is 1. The van der Waals surface area contributed by atoms with Gasteiger partial charge in [0.2, 0.25) is 5.91 Å². The number of rotatable bonds is 6. The number of nitrogens with one attached hydrogen (secondary N) is 1. The van der Waals surface area contributed by atoms with Crippen molar-refractivity contribution in [2.24, 2.45) is 5.92 Å². The van der Waals surface area contributed by atoms with Gasteiger partial charge in [-0.2, -0.15) is 0 Å². The van der Waals surface area contributed by atoms with Gasteiger partial charge in [-0.15, -0.1) is 11.8 Å². The predicted molar refractivity (Wildman–Crippen MR) is 92.5 cm³/mol. The lowest BCUT2D eigenvalue weighted by Crippen LogP contribution is -2.29. The highest BCUT2D eigenvalue weighted by atomic mass is 32.2. The zero-order valence-corrected chi connectivity index (χ0v) is 14.2. The first-order valence-corrected chi connectivity index (χ1v) is 8.24. The quantitative estimate of drug-likeness (QED) is 0.786. The topological polar surface area (TPSA) is 38.3 Å². The molecule has 0 spiro atoms. The van der Waals surface area contributed by atoms with E-state index in [0.717, 1.165) is 16.3 Å². The average molecular weight is 333 g/mol. The van der Waals surface area contributed by atoms with E-state index in [-0.39, 0.29) is 22.9 Å². The molecule has 3 nitrogen and oxygen atoms in total. The van der Waals surface area contributed by atoms with E-state index in [9.17, 15) is 9.18 Å². The molecule has 0 aromatic heterocycles. The SMILES string of the molecule is COc1ccc(NC(=O)[C@@H](Sc2ccc(F)cc2)C(C)C)cc1. The number of anilines is 1. The maximum atomic E-state index is 13.0. The van der Waals surface area contributed by atoms with Crippen molar-refractivity contribution in [2.45, 2.75) is 24.0 Å². The molecule has 0 fully saturated rings. The normalized spacial score (nSPS) is 12.0. The third-order valence-corrected chi connectivity index (χ3v) is 4.85. The summed E-state index contributed by atoms with van der Waals surface area (Å²) in [5.74, 6) is 0.532. The maximum absolute atomic E-state index is 13.0. The number of carbonyl (C=O) groups excluding carboxylic acids is 1. The van der Waals surface area contributed by atoms with Gasteiger partial charge in [-0.3, -0.25) is 4.79 Å². The van der Waals surface area contributed by atoms with Crippen molar-refractivity contribution in [1.82, 2.24) is 0 Å². The second-order valence-electron chi connectivity index (χ2n) is 5.45. The number of carbonyl (C=O) groups is 1. The molecule has 0 radical (unpaired) electrons. The number of ether oxygens (including phenoxy) is 1. The van der Waals surface area contributed by atoms with E-state index in [4.69, 9.17) is 4.74 Å². The third-order valence-electron chi connectivity index (χ3n) is 3.30. The van der Waals surface area contributed by atoms with Crippen molar-refractivity contribution in [1.29, 1.82) is 0 Å². The Morgan fingerprint density at radius 3 is 2.22 bits per heavy atom. The van der Waals surface area contributed by atoms with Crippen LogP contribution in [0.1, 0.15) is 13.8 Å². The van der Waals surface area contributed by atoms with Crippen molar-refractivity contribution in [2.75, 3.05) is 12.4 Å². The number of thioether (sulfide) groups is 1. The summed E-state index contributed by atoms with van der Waals surface area (Å²) in [6.45, 7) is 3.99. The molecule has 1 N–H and O–H groups in total. The Morgan fingerprint density at radius 1 is 1.09 bits per heavy atom. The zero-order valence-electron chi connectivity index (χ0n) is 13.4. The van der Waals surface area contributed by atoms with Crippen LogP contribution < -0.4 is 10.1 Å². The lowest BCUT2D eigenvalue weighted by atomic mass is 10.1. The van der Waals surface area contributed by atoms with E-state index in [0.29, 0.717) is 0 Å². The van der Waals surface area contributed by atoms with Crippen LogP contribution in [0, 0.1) is 11.7 Å². The highest BCUT2D eigenvalue weighted by Crippen LogP contribution is 2.29. The Bertz CT molecular complexity index is 641. The van der Waals surface area contributed by atoms with Crippen molar-refractivity contribution >= 4 is 23.4 Å².